The molecular weight excluding hydrogens is 258 g/mol. The third-order valence-corrected chi connectivity index (χ3v) is 2.96. The summed E-state index contributed by atoms with van der Waals surface area (Å²) >= 11 is 3.31. The lowest BCUT2D eigenvalue weighted by Gasteiger charge is -2.10. The molecule has 0 aromatic carbocycles. The van der Waals surface area contributed by atoms with Crippen LogP contribution in [0.25, 0.3) is 0 Å². The maximum atomic E-state index is 11.8. The Morgan fingerprint density at radius 1 is 1.73 bits per heavy atom. The van der Waals surface area contributed by atoms with Crippen molar-refractivity contribution in [1.82, 2.24) is 15.1 Å². The number of Topliss-reactive ketones (excluding diaryl/α,β-unsaturated/α-hetero) is 1. The fraction of sp³-hybridized carbons (Fsp3) is 0.600. The highest BCUT2D eigenvalue weighted by atomic mass is 79.9. The molecule has 0 amide bonds. The lowest BCUT2D eigenvalue weighted by atomic mass is 10.2. The molecule has 1 aromatic heterocycles. The molecule has 0 radical (unpaired) electrons. The maximum absolute atomic E-state index is 11.8. The van der Waals surface area contributed by atoms with Crippen LogP contribution in [-0.2, 0) is 7.05 Å². The van der Waals surface area contributed by atoms with Crippen molar-refractivity contribution < 1.29 is 4.79 Å². The van der Waals surface area contributed by atoms with Gasteiger partial charge in [-0.3, -0.25) is 9.48 Å². The van der Waals surface area contributed by atoms with Crippen LogP contribution in [0.15, 0.2) is 10.7 Å². The molecule has 0 saturated heterocycles. The van der Waals surface area contributed by atoms with Gasteiger partial charge in [-0.2, -0.15) is 5.10 Å². The molecule has 0 saturated carbocycles. The molecular formula is C10H16BrN3O. The summed E-state index contributed by atoms with van der Waals surface area (Å²) < 4.78 is 2.34. The smallest absolute Gasteiger partial charge is 0.195 e. The summed E-state index contributed by atoms with van der Waals surface area (Å²) in [6.07, 6.45) is 2.65. The first-order chi connectivity index (χ1) is 7.06. The van der Waals surface area contributed by atoms with E-state index in [9.17, 15) is 4.79 Å². The highest BCUT2D eigenvalue weighted by Gasteiger charge is 2.15. The summed E-state index contributed by atoms with van der Waals surface area (Å²) in [5.74, 6) is 0.0576. The number of ketones is 1. The molecule has 1 heterocycles. The van der Waals surface area contributed by atoms with Crippen molar-refractivity contribution in [1.29, 1.82) is 0 Å². The Labute approximate surface area is 98.2 Å². The number of carbonyl (C=O) groups excluding carboxylic acids is 1. The lowest BCUT2D eigenvalue weighted by Crippen LogP contribution is -2.31. The number of aromatic nitrogens is 2. The van der Waals surface area contributed by atoms with E-state index in [1.165, 1.54) is 0 Å². The van der Waals surface area contributed by atoms with Crippen molar-refractivity contribution in [2.24, 2.45) is 7.05 Å². The minimum atomic E-state index is 0.0576. The van der Waals surface area contributed by atoms with E-state index in [1.54, 1.807) is 17.9 Å². The summed E-state index contributed by atoms with van der Waals surface area (Å²) in [5, 5.41) is 7.17. The van der Waals surface area contributed by atoms with Gasteiger partial charge in [0.25, 0.3) is 0 Å². The van der Waals surface area contributed by atoms with Crippen LogP contribution in [0.5, 0.6) is 0 Å². The van der Waals surface area contributed by atoms with Gasteiger partial charge in [-0.05, 0) is 29.3 Å². The minimum absolute atomic E-state index is 0.0576. The zero-order valence-electron chi connectivity index (χ0n) is 9.25. The molecule has 1 N–H and O–H groups in total. The second-order valence-electron chi connectivity index (χ2n) is 3.58. The normalized spacial score (nSPS) is 12.8. The number of hydrogen-bond acceptors (Lipinski definition) is 3. The van der Waals surface area contributed by atoms with E-state index < -0.39 is 0 Å². The second-order valence-corrected chi connectivity index (χ2v) is 4.43. The largest absolute Gasteiger partial charge is 0.307 e. The molecule has 15 heavy (non-hydrogen) atoms. The average molecular weight is 274 g/mol. The third kappa shape index (κ3) is 3.14. The predicted molar refractivity (Wildman–Crippen MR) is 63.0 cm³/mol. The van der Waals surface area contributed by atoms with Gasteiger partial charge in [-0.15, -0.1) is 0 Å². The van der Waals surface area contributed by atoms with Crippen LogP contribution in [0, 0.1) is 0 Å². The summed E-state index contributed by atoms with van der Waals surface area (Å²) in [7, 11) is 1.77. The van der Waals surface area contributed by atoms with Gasteiger partial charge >= 0.3 is 0 Å². The molecule has 5 heteroatoms. The first-order valence-electron chi connectivity index (χ1n) is 5.00. The van der Waals surface area contributed by atoms with Gasteiger partial charge in [0.05, 0.1) is 17.2 Å². The topological polar surface area (TPSA) is 46.9 Å². The van der Waals surface area contributed by atoms with E-state index in [4.69, 9.17) is 0 Å². The fourth-order valence-corrected chi connectivity index (χ4v) is 1.79. The average Bonchev–Trinajstić information content (AvgIpc) is 2.54. The first-order valence-corrected chi connectivity index (χ1v) is 5.79. The van der Waals surface area contributed by atoms with E-state index in [1.807, 2.05) is 0 Å². The van der Waals surface area contributed by atoms with Crippen LogP contribution in [0.1, 0.15) is 30.8 Å². The molecule has 0 aliphatic heterocycles. The predicted octanol–water partition coefficient (Wildman–Crippen LogP) is 1.75. The summed E-state index contributed by atoms with van der Waals surface area (Å²) in [6, 6.07) is 0.362. The van der Waals surface area contributed by atoms with Crippen LogP contribution < -0.4 is 5.32 Å². The van der Waals surface area contributed by atoms with Crippen LogP contribution in [0.3, 0.4) is 0 Å². The van der Waals surface area contributed by atoms with Crippen molar-refractivity contribution >= 4 is 21.7 Å². The van der Waals surface area contributed by atoms with E-state index in [2.05, 4.69) is 40.2 Å². The van der Waals surface area contributed by atoms with Gasteiger partial charge < -0.3 is 5.32 Å². The highest BCUT2D eigenvalue weighted by molar-refractivity contribution is 9.10. The molecule has 0 bridgehead atoms. The number of nitrogens with zero attached hydrogens (tertiary/aromatic N) is 2. The van der Waals surface area contributed by atoms with Crippen molar-refractivity contribution in [2.75, 3.05) is 6.54 Å². The lowest BCUT2D eigenvalue weighted by molar-refractivity contribution is 0.0978. The number of carbonyl (C=O) groups is 1. The van der Waals surface area contributed by atoms with Gasteiger partial charge in [-0.1, -0.05) is 6.92 Å². The number of rotatable bonds is 5. The SMILES string of the molecule is CCC(C)NCC(=O)c1c(Br)cnn1C. The van der Waals surface area contributed by atoms with Crippen LogP contribution >= 0.6 is 15.9 Å². The molecule has 1 unspecified atom stereocenters. The zero-order valence-corrected chi connectivity index (χ0v) is 10.8. The summed E-state index contributed by atoms with van der Waals surface area (Å²) in [6.45, 7) is 4.50. The molecule has 0 aliphatic rings. The Morgan fingerprint density at radius 2 is 2.40 bits per heavy atom. The minimum Gasteiger partial charge on any atom is -0.307 e. The molecule has 1 atom stereocenters. The Bertz CT molecular complexity index is 329. The van der Waals surface area contributed by atoms with Crippen molar-refractivity contribution in [3.8, 4) is 0 Å². The maximum Gasteiger partial charge on any atom is 0.195 e. The number of halogens is 1. The van der Waals surface area contributed by atoms with Crippen LogP contribution in [0.4, 0.5) is 0 Å². The quantitative estimate of drug-likeness (QED) is 0.832. The van der Waals surface area contributed by atoms with Crippen LogP contribution in [-0.4, -0.2) is 28.2 Å². The highest BCUT2D eigenvalue weighted by Crippen LogP contribution is 2.15. The van der Waals surface area contributed by atoms with Crippen molar-refractivity contribution in [3.63, 3.8) is 0 Å². The molecule has 4 nitrogen and oxygen atoms in total. The molecule has 0 spiro atoms. The Kier molecular flexibility index (Phi) is 4.47. The fourth-order valence-electron chi connectivity index (χ4n) is 1.22. The van der Waals surface area contributed by atoms with Gasteiger partial charge in [0.2, 0.25) is 0 Å². The Hall–Kier alpha value is -0.680. The molecule has 1 aromatic rings. The van der Waals surface area contributed by atoms with E-state index in [0.29, 0.717) is 18.3 Å². The monoisotopic (exact) mass is 273 g/mol. The zero-order chi connectivity index (χ0) is 11.4. The standard InChI is InChI=1S/C10H16BrN3O/c1-4-7(2)12-6-9(15)10-8(11)5-13-14(10)3/h5,7,12H,4,6H2,1-3H3. The van der Waals surface area contributed by atoms with E-state index in [0.717, 1.165) is 10.9 Å². The third-order valence-electron chi connectivity index (χ3n) is 2.38. The molecule has 0 aliphatic carbocycles. The van der Waals surface area contributed by atoms with Crippen molar-refractivity contribution in [3.05, 3.63) is 16.4 Å². The van der Waals surface area contributed by atoms with Crippen LogP contribution in [0.2, 0.25) is 0 Å². The summed E-state index contributed by atoms with van der Waals surface area (Å²) in [4.78, 5) is 11.8. The molecule has 0 fully saturated rings. The molecule has 84 valence electrons. The van der Waals surface area contributed by atoms with Gasteiger partial charge in [-0.25, -0.2) is 0 Å². The Balaban J connectivity index is 2.62. The van der Waals surface area contributed by atoms with Crippen molar-refractivity contribution in [2.45, 2.75) is 26.3 Å². The van der Waals surface area contributed by atoms with E-state index in [-0.39, 0.29) is 5.78 Å². The Morgan fingerprint density at radius 3 is 2.87 bits per heavy atom. The van der Waals surface area contributed by atoms with E-state index >= 15 is 0 Å². The van der Waals surface area contributed by atoms with Gasteiger partial charge in [0.1, 0.15) is 5.69 Å². The van der Waals surface area contributed by atoms with Gasteiger partial charge in [0.15, 0.2) is 5.78 Å². The second kappa shape index (κ2) is 5.42. The number of nitrogens with one attached hydrogen (secondary N) is 1. The first kappa shape index (κ1) is 12.4. The molecule has 1 rings (SSSR count). The number of hydrogen-bond donors (Lipinski definition) is 1. The summed E-state index contributed by atoms with van der Waals surface area (Å²) in [5.41, 5.74) is 0.616. The number of aryl methyl sites for hydroxylation is 1. The van der Waals surface area contributed by atoms with Gasteiger partial charge in [0, 0.05) is 13.1 Å².